The average Bonchev–Trinajstić information content (AvgIpc) is 2.75. The molecule has 3 unspecified atom stereocenters. The Morgan fingerprint density at radius 1 is 0.941 bits per heavy atom. The molecule has 12 heteroatoms. The van der Waals surface area contributed by atoms with Crippen LogP contribution >= 0.6 is 0 Å². The molecule has 0 aromatic heterocycles. The molecule has 0 saturated heterocycles. The average molecular weight is 480 g/mol. The highest BCUT2D eigenvalue weighted by atomic mass is 16.4. The van der Waals surface area contributed by atoms with Gasteiger partial charge < -0.3 is 37.6 Å². The summed E-state index contributed by atoms with van der Waals surface area (Å²) in [5.74, 6) is -3.87. The zero-order valence-corrected chi connectivity index (χ0v) is 19.2. The number of nitrogens with two attached hydrogens (primary N) is 2. The molecule has 0 aliphatic heterocycles. The molecule has 0 saturated carbocycles. The monoisotopic (exact) mass is 479 g/mol. The van der Waals surface area contributed by atoms with Gasteiger partial charge in [0.1, 0.15) is 24.4 Å². The van der Waals surface area contributed by atoms with Crippen LogP contribution in [0.3, 0.4) is 0 Å². The number of aromatic hydroxyl groups is 1. The van der Waals surface area contributed by atoms with Crippen LogP contribution in [0.5, 0.6) is 5.75 Å². The SMILES string of the molecule is CC(C)CC(NC(=O)C(N)CCC(N)=O)C(=O)NC(Cc1ccc(O)cc1)C(=O)NCC(=O)O. The van der Waals surface area contributed by atoms with Crippen LogP contribution in [0, 0.1) is 5.92 Å². The van der Waals surface area contributed by atoms with Gasteiger partial charge in [-0.05, 0) is 36.5 Å². The van der Waals surface area contributed by atoms with Crippen LogP contribution in [0.2, 0.25) is 0 Å². The van der Waals surface area contributed by atoms with E-state index < -0.39 is 54.3 Å². The van der Waals surface area contributed by atoms with Crippen LogP contribution in [0.1, 0.15) is 38.7 Å². The zero-order chi connectivity index (χ0) is 25.8. The minimum atomic E-state index is -1.25. The number of hydrogen-bond acceptors (Lipinski definition) is 7. The van der Waals surface area contributed by atoms with Gasteiger partial charge in [-0.25, -0.2) is 0 Å². The first-order valence-corrected chi connectivity index (χ1v) is 10.8. The number of carbonyl (C=O) groups is 5. The van der Waals surface area contributed by atoms with E-state index in [2.05, 4.69) is 16.0 Å². The summed E-state index contributed by atoms with van der Waals surface area (Å²) in [5, 5.41) is 25.6. The van der Waals surface area contributed by atoms with Crippen molar-refractivity contribution in [1.82, 2.24) is 16.0 Å². The molecule has 3 atom stereocenters. The minimum Gasteiger partial charge on any atom is -0.508 e. The summed E-state index contributed by atoms with van der Waals surface area (Å²) >= 11 is 0. The number of carboxylic acids is 1. The molecule has 0 fully saturated rings. The van der Waals surface area contributed by atoms with E-state index in [9.17, 15) is 29.1 Å². The first-order chi connectivity index (χ1) is 15.9. The van der Waals surface area contributed by atoms with Gasteiger partial charge in [0.15, 0.2) is 0 Å². The molecular weight excluding hydrogens is 446 g/mol. The van der Waals surface area contributed by atoms with Gasteiger partial charge in [-0.1, -0.05) is 26.0 Å². The van der Waals surface area contributed by atoms with Crippen molar-refractivity contribution in [2.45, 2.75) is 57.7 Å². The first-order valence-electron chi connectivity index (χ1n) is 10.8. The number of rotatable bonds is 14. The normalized spacial score (nSPS) is 13.4. The lowest BCUT2D eigenvalue weighted by atomic mass is 10.0. The number of phenols is 1. The molecule has 1 aromatic carbocycles. The second-order valence-electron chi connectivity index (χ2n) is 8.35. The lowest BCUT2D eigenvalue weighted by Crippen LogP contribution is -2.56. The maximum absolute atomic E-state index is 13.0. The number of aliphatic carboxylic acids is 1. The summed E-state index contributed by atoms with van der Waals surface area (Å²) in [6.45, 7) is 3.04. The second-order valence-corrected chi connectivity index (χ2v) is 8.35. The largest absolute Gasteiger partial charge is 0.508 e. The first kappa shape index (κ1) is 28.4. The van der Waals surface area contributed by atoms with Crippen LogP contribution in [0.4, 0.5) is 0 Å². The fourth-order valence-electron chi connectivity index (χ4n) is 3.05. The molecule has 0 aliphatic rings. The van der Waals surface area contributed by atoms with Crippen molar-refractivity contribution in [1.29, 1.82) is 0 Å². The molecule has 0 bridgehead atoms. The van der Waals surface area contributed by atoms with E-state index in [0.29, 0.717) is 5.56 Å². The zero-order valence-electron chi connectivity index (χ0n) is 19.2. The van der Waals surface area contributed by atoms with Crippen molar-refractivity contribution in [3.05, 3.63) is 29.8 Å². The van der Waals surface area contributed by atoms with E-state index in [1.807, 2.05) is 13.8 Å². The summed E-state index contributed by atoms with van der Waals surface area (Å²) in [6.07, 6.45) is 0.174. The second kappa shape index (κ2) is 13.8. The highest BCUT2D eigenvalue weighted by Gasteiger charge is 2.29. The highest BCUT2D eigenvalue weighted by Crippen LogP contribution is 2.12. The molecule has 0 spiro atoms. The summed E-state index contributed by atoms with van der Waals surface area (Å²) in [5.41, 5.74) is 11.5. The number of carbonyl (C=O) groups excluding carboxylic acids is 4. The van der Waals surface area contributed by atoms with Gasteiger partial charge in [0.05, 0.1) is 6.04 Å². The third-order valence-electron chi connectivity index (χ3n) is 4.80. The molecule has 188 valence electrons. The summed E-state index contributed by atoms with van der Waals surface area (Å²) in [6, 6.07) is 2.72. The molecular formula is C22H33N5O7. The quantitative estimate of drug-likeness (QED) is 0.171. The van der Waals surface area contributed by atoms with Crippen LogP contribution in [-0.2, 0) is 30.4 Å². The van der Waals surface area contributed by atoms with Crippen molar-refractivity contribution in [2.75, 3.05) is 6.54 Å². The van der Waals surface area contributed by atoms with Gasteiger partial charge >= 0.3 is 5.97 Å². The summed E-state index contributed by atoms with van der Waals surface area (Å²) in [4.78, 5) is 59.8. The van der Waals surface area contributed by atoms with E-state index >= 15 is 0 Å². The number of primary amides is 1. The standard InChI is InChI=1S/C22H33N5O7/c1-12(2)9-16(26-20(32)15(23)7-8-18(24)29)22(34)27-17(21(33)25-11-19(30)31)10-13-3-5-14(28)6-4-13/h3-6,12,15-17,28H,7-11,23H2,1-2H3,(H2,24,29)(H,25,33)(H,26,32)(H,27,34)(H,30,31). The number of hydrogen-bond donors (Lipinski definition) is 7. The number of amides is 4. The Kier molecular flexibility index (Phi) is 11.5. The van der Waals surface area contributed by atoms with Crippen LogP contribution in [0.25, 0.3) is 0 Å². The van der Waals surface area contributed by atoms with Gasteiger partial charge in [-0.3, -0.25) is 24.0 Å². The van der Waals surface area contributed by atoms with Crippen molar-refractivity contribution in [3.8, 4) is 5.75 Å². The third kappa shape index (κ3) is 10.8. The molecule has 9 N–H and O–H groups in total. The molecule has 12 nitrogen and oxygen atoms in total. The predicted octanol–water partition coefficient (Wildman–Crippen LogP) is -1.26. The van der Waals surface area contributed by atoms with Crippen molar-refractivity contribution >= 4 is 29.6 Å². The molecule has 1 aromatic rings. The molecule has 4 amide bonds. The van der Waals surface area contributed by atoms with Gasteiger partial charge in [-0.2, -0.15) is 0 Å². The van der Waals surface area contributed by atoms with Crippen molar-refractivity contribution in [2.24, 2.45) is 17.4 Å². The topological polar surface area (TPSA) is 214 Å². The third-order valence-corrected chi connectivity index (χ3v) is 4.80. The number of nitrogens with one attached hydrogen (secondary N) is 3. The van der Waals surface area contributed by atoms with Gasteiger partial charge in [0.2, 0.25) is 23.6 Å². The van der Waals surface area contributed by atoms with Gasteiger partial charge in [0, 0.05) is 12.8 Å². The Bertz CT molecular complexity index is 873. The molecule has 0 heterocycles. The predicted molar refractivity (Wildman–Crippen MR) is 122 cm³/mol. The van der Waals surface area contributed by atoms with Crippen molar-refractivity contribution < 1.29 is 34.2 Å². The Morgan fingerprint density at radius 2 is 1.53 bits per heavy atom. The van der Waals surface area contributed by atoms with E-state index in [0.717, 1.165) is 0 Å². The molecule has 0 radical (unpaired) electrons. The van der Waals surface area contributed by atoms with E-state index in [-0.39, 0.29) is 37.4 Å². The summed E-state index contributed by atoms with van der Waals surface area (Å²) in [7, 11) is 0. The van der Waals surface area contributed by atoms with E-state index in [1.165, 1.54) is 12.1 Å². The fourth-order valence-corrected chi connectivity index (χ4v) is 3.05. The maximum Gasteiger partial charge on any atom is 0.322 e. The Morgan fingerprint density at radius 3 is 2.06 bits per heavy atom. The molecule has 1 rings (SSSR count). The maximum atomic E-state index is 13.0. The lowest BCUT2D eigenvalue weighted by molar-refractivity contribution is -0.138. The Balaban J connectivity index is 2.99. The number of benzene rings is 1. The van der Waals surface area contributed by atoms with Gasteiger partial charge in [-0.15, -0.1) is 0 Å². The van der Waals surface area contributed by atoms with Crippen LogP contribution in [0.15, 0.2) is 24.3 Å². The Hall–Kier alpha value is -3.67. The lowest BCUT2D eigenvalue weighted by Gasteiger charge is -2.25. The van der Waals surface area contributed by atoms with Crippen molar-refractivity contribution in [3.63, 3.8) is 0 Å². The minimum absolute atomic E-state index is 0.00530. The molecule has 0 aliphatic carbocycles. The van der Waals surface area contributed by atoms with E-state index in [4.69, 9.17) is 16.6 Å². The van der Waals surface area contributed by atoms with E-state index in [1.54, 1.807) is 12.1 Å². The van der Waals surface area contributed by atoms with Gasteiger partial charge in [0.25, 0.3) is 0 Å². The summed E-state index contributed by atoms with van der Waals surface area (Å²) < 4.78 is 0. The number of phenolic OH excluding ortho intramolecular Hbond substituents is 1. The highest BCUT2D eigenvalue weighted by molar-refractivity contribution is 5.94. The Labute approximate surface area is 197 Å². The molecule has 34 heavy (non-hydrogen) atoms. The van der Waals surface area contributed by atoms with Crippen LogP contribution < -0.4 is 27.4 Å². The fraction of sp³-hybridized carbons (Fsp3) is 0.500. The number of carboxylic acid groups (broad SMARTS) is 1. The smallest absolute Gasteiger partial charge is 0.322 e. The van der Waals surface area contributed by atoms with Crippen LogP contribution in [-0.4, -0.2) is 64.5 Å².